The highest BCUT2D eigenvalue weighted by molar-refractivity contribution is 9.10. The normalized spacial score (nSPS) is 23.3. The van der Waals surface area contributed by atoms with Crippen LogP contribution in [0.4, 0.5) is 5.69 Å². The summed E-state index contributed by atoms with van der Waals surface area (Å²) in [4.78, 5) is 16.9. The van der Waals surface area contributed by atoms with E-state index in [1.54, 1.807) is 0 Å². The van der Waals surface area contributed by atoms with Gasteiger partial charge in [-0.1, -0.05) is 88.7 Å². The zero-order valence-electron chi connectivity index (χ0n) is 18.3. The van der Waals surface area contributed by atoms with Crippen LogP contribution < -0.4 is 9.64 Å². The van der Waals surface area contributed by atoms with Gasteiger partial charge in [-0.25, -0.2) is 0 Å². The third kappa shape index (κ3) is 3.46. The smallest absolute Gasteiger partial charge is 0.271 e. The molecule has 0 unspecified atom stereocenters. The maximum Gasteiger partial charge on any atom is 0.271 e. The zero-order valence-corrected chi connectivity index (χ0v) is 20.7. The van der Waals surface area contributed by atoms with Gasteiger partial charge >= 0.3 is 0 Å². The average Bonchev–Trinajstić information content (AvgIpc) is 3.02. The van der Waals surface area contributed by atoms with Crippen molar-refractivity contribution in [3.63, 3.8) is 0 Å². The maximum atomic E-state index is 13.8. The van der Waals surface area contributed by atoms with Gasteiger partial charge in [0.1, 0.15) is 11.3 Å². The second-order valence-corrected chi connectivity index (χ2v) is 10.8. The summed E-state index contributed by atoms with van der Waals surface area (Å²) in [5.74, 6) is 0.707. The fourth-order valence-corrected chi connectivity index (χ4v) is 6.73. The van der Waals surface area contributed by atoms with Crippen LogP contribution in [0.3, 0.4) is 0 Å². The van der Waals surface area contributed by atoms with E-state index in [0.717, 1.165) is 27.0 Å². The highest BCUT2D eigenvalue weighted by Gasteiger charge is 2.65. The minimum atomic E-state index is -0.620. The Morgan fingerprint density at radius 3 is 2.21 bits per heavy atom. The van der Waals surface area contributed by atoms with Gasteiger partial charge in [0.2, 0.25) is 6.10 Å². The van der Waals surface area contributed by atoms with Crippen molar-refractivity contribution in [1.29, 1.82) is 0 Å². The largest absolute Gasteiger partial charge is 0.478 e. The van der Waals surface area contributed by atoms with Crippen molar-refractivity contribution in [1.82, 2.24) is 0 Å². The number of halogens is 1. The van der Waals surface area contributed by atoms with Crippen LogP contribution in [0.1, 0.15) is 22.8 Å². The molecule has 0 aliphatic carbocycles. The van der Waals surface area contributed by atoms with Gasteiger partial charge in [-0.15, -0.1) is 11.8 Å². The summed E-state index contributed by atoms with van der Waals surface area (Å²) in [6.07, 6.45) is 0.128. The Hall–Kier alpha value is -3.02. The second-order valence-electron chi connectivity index (χ2n) is 8.60. The third-order valence-electron chi connectivity index (χ3n) is 6.66. The molecule has 2 aliphatic rings. The molecule has 0 N–H and O–H groups in total. The number of para-hydroxylation sites is 2. The van der Waals surface area contributed by atoms with Crippen LogP contribution in [0.5, 0.6) is 5.75 Å². The summed E-state index contributed by atoms with van der Waals surface area (Å²) in [6, 6.07) is 36.8. The minimum absolute atomic E-state index is 0.00258. The van der Waals surface area contributed by atoms with E-state index in [4.69, 9.17) is 4.74 Å². The molecule has 6 rings (SSSR count). The average molecular weight is 528 g/mol. The van der Waals surface area contributed by atoms with Crippen LogP contribution in [0, 0.1) is 0 Å². The van der Waals surface area contributed by atoms with Crippen LogP contribution in [0.25, 0.3) is 0 Å². The predicted octanol–water partition coefficient (Wildman–Crippen LogP) is 7.38. The number of thioether (sulfide) groups is 1. The van der Waals surface area contributed by atoms with Crippen LogP contribution in [-0.2, 0) is 10.3 Å². The lowest BCUT2D eigenvalue weighted by atomic mass is 9.70. The van der Waals surface area contributed by atoms with Gasteiger partial charge in [-0.3, -0.25) is 9.69 Å². The Kier molecular flexibility index (Phi) is 5.47. The first-order chi connectivity index (χ1) is 16.7. The number of fused-ring (bicyclic) bond motifs is 3. The SMILES string of the molecule is O=C1[C@H](Oc2ccccc2)[C@@]2(c3ccccc3)C[C@@H](c3ccc(Br)cc3)Sc3ccccc3N12. The molecule has 0 radical (unpaired) electrons. The van der Waals surface area contributed by atoms with Gasteiger partial charge in [0, 0.05) is 14.6 Å². The number of carbonyl (C=O) groups excluding carboxylic acids is 1. The Morgan fingerprint density at radius 2 is 1.47 bits per heavy atom. The number of ether oxygens (including phenoxy) is 1. The highest BCUT2D eigenvalue weighted by atomic mass is 79.9. The number of hydrogen-bond donors (Lipinski definition) is 0. The van der Waals surface area contributed by atoms with E-state index < -0.39 is 11.6 Å². The molecule has 2 aliphatic heterocycles. The number of amides is 1. The Balaban J connectivity index is 1.54. The molecule has 34 heavy (non-hydrogen) atoms. The standard InChI is InChI=1S/C29H22BrNO2S/c30-22-17-15-20(16-18-22)26-19-29(21-9-3-1-4-10-21)27(33-23-11-5-2-6-12-23)28(32)31(29)24-13-7-8-14-25(24)34-26/h1-18,26-27H,19H2/t26-,27-,29-/m0/s1. The molecule has 0 aromatic heterocycles. The number of rotatable bonds is 4. The fraction of sp³-hybridized carbons (Fsp3) is 0.138. The van der Waals surface area contributed by atoms with Gasteiger partial charge in [-0.05, 0) is 53.9 Å². The molecule has 1 amide bonds. The maximum absolute atomic E-state index is 13.8. The van der Waals surface area contributed by atoms with E-state index in [2.05, 4.69) is 64.5 Å². The molecule has 5 heteroatoms. The minimum Gasteiger partial charge on any atom is -0.478 e. The van der Waals surface area contributed by atoms with Gasteiger partial charge in [0.25, 0.3) is 5.91 Å². The van der Waals surface area contributed by atoms with E-state index in [1.165, 1.54) is 5.56 Å². The summed E-state index contributed by atoms with van der Waals surface area (Å²) < 4.78 is 7.51. The summed E-state index contributed by atoms with van der Waals surface area (Å²) in [7, 11) is 0. The molecule has 1 saturated heterocycles. The number of hydrogen-bond acceptors (Lipinski definition) is 3. The van der Waals surface area contributed by atoms with E-state index in [1.807, 2.05) is 77.3 Å². The first-order valence-corrected chi connectivity index (χ1v) is 13.0. The van der Waals surface area contributed by atoms with Crippen molar-refractivity contribution >= 4 is 39.3 Å². The monoisotopic (exact) mass is 527 g/mol. The second kappa shape index (κ2) is 8.64. The molecule has 0 bridgehead atoms. The summed E-state index contributed by atoms with van der Waals surface area (Å²) >= 11 is 5.39. The van der Waals surface area contributed by atoms with Crippen LogP contribution in [0.15, 0.2) is 119 Å². The van der Waals surface area contributed by atoms with E-state index in [-0.39, 0.29) is 11.2 Å². The van der Waals surface area contributed by atoms with Gasteiger partial charge in [0.05, 0.1) is 5.69 Å². The number of carbonyl (C=O) groups is 1. The van der Waals surface area contributed by atoms with E-state index >= 15 is 0 Å². The highest BCUT2D eigenvalue weighted by Crippen LogP contribution is 2.59. The van der Waals surface area contributed by atoms with Crippen molar-refractivity contribution < 1.29 is 9.53 Å². The first kappa shape index (κ1) is 21.5. The summed E-state index contributed by atoms with van der Waals surface area (Å²) in [6.45, 7) is 0. The molecular weight excluding hydrogens is 506 g/mol. The van der Waals surface area contributed by atoms with E-state index in [9.17, 15) is 4.79 Å². The topological polar surface area (TPSA) is 29.5 Å². The molecule has 0 spiro atoms. The van der Waals surface area contributed by atoms with Gasteiger partial charge in [-0.2, -0.15) is 0 Å². The number of anilines is 1. The zero-order chi connectivity index (χ0) is 23.1. The van der Waals surface area contributed by atoms with Crippen molar-refractivity contribution in [2.75, 3.05) is 4.90 Å². The van der Waals surface area contributed by atoms with E-state index in [0.29, 0.717) is 5.75 Å². The molecule has 168 valence electrons. The molecule has 4 aromatic rings. The van der Waals surface area contributed by atoms with Gasteiger partial charge in [0.15, 0.2) is 0 Å². The first-order valence-electron chi connectivity index (χ1n) is 11.3. The molecule has 2 heterocycles. The quantitative estimate of drug-likeness (QED) is 0.259. The molecule has 1 fully saturated rings. The summed E-state index contributed by atoms with van der Waals surface area (Å²) in [5, 5.41) is 0.148. The third-order valence-corrected chi connectivity index (χ3v) is 8.51. The predicted molar refractivity (Wildman–Crippen MR) is 140 cm³/mol. The van der Waals surface area contributed by atoms with Crippen molar-refractivity contribution in [2.45, 2.75) is 28.2 Å². The molecule has 3 nitrogen and oxygen atoms in total. The lowest BCUT2D eigenvalue weighted by Crippen LogP contribution is -2.74. The Morgan fingerprint density at radius 1 is 0.824 bits per heavy atom. The van der Waals surface area contributed by atoms with Crippen LogP contribution in [-0.4, -0.2) is 12.0 Å². The van der Waals surface area contributed by atoms with Crippen molar-refractivity contribution in [2.24, 2.45) is 0 Å². The van der Waals surface area contributed by atoms with Crippen LogP contribution >= 0.6 is 27.7 Å². The van der Waals surface area contributed by atoms with Crippen LogP contribution in [0.2, 0.25) is 0 Å². The molecular formula is C29H22BrNO2S. The Bertz CT molecular complexity index is 1330. The Labute approximate surface area is 211 Å². The van der Waals surface area contributed by atoms with Crippen molar-refractivity contribution in [3.05, 3.63) is 125 Å². The lowest BCUT2D eigenvalue weighted by molar-refractivity contribution is -0.142. The fourth-order valence-electron chi connectivity index (χ4n) is 5.09. The van der Waals surface area contributed by atoms with Gasteiger partial charge < -0.3 is 4.74 Å². The van der Waals surface area contributed by atoms with Crippen molar-refractivity contribution in [3.8, 4) is 5.75 Å². The molecule has 4 aromatic carbocycles. The number of nitrogens with zero attached hydrogens (tertiary/aromatic N) is 1. The number of β-lactam (4-membered cyclic amide) rings is 1. The number of benzene rings is 4. The molecule has 0 saturated carbocycles. The lowest BCUT2D eigenvalue weighted by Gasteiger charge is -2.57. The molecule has 3 atom stereocenters. The summed E-state index contributed by atoms with van der Waals surface area (Å²) in [5.41, 5.74) is 2.66.